The van der Waals surface area contributed by atoms with E-state index in [9.17, 15) is 0 Å². The van der Waals surface area contributed by atoms with Gasteiger partial charge in [-0.05, 0) is 84.1 Å². The maximum absolute atomic E-state index is 6.49. The molecule has 11 aromatic rings. The van der Waals surface area contributed by atoms with E-state index in [1.807, 2.05) is 24.3 Å². The monoisotopic (exact) mass is 745 g/mol. The van der Waals surface area contributed by atoms with Gasteiger partial charge in [0.25, 0.3) is 0 Å². The zero-order valence-electron chi connectivity index (χ0n) is 31.5. The van der Waals surface area contributed by atoms with Crippen LogP contribution in [0, 0.1) is 0 Å². The smallest absolute Gasteiger partial charge is 0.143 e. The first-order chi connectivity index (χ1) is 28.7. The number of para-hydroxylation sites is 5. The van der Waals surface area contributed by atoms with E-state index in [-0.39, 0.29) is 0 Å². The van der Waals surface area contributed by atoms with Crippen LogP contribution in [0.5, 0.6) is 0 Å². The summed E-state index contributed by atoms with van der Waals surface area (Å²) in [5.74, 6) is 0.981. The standard InChI is InChI=1S/C54H35NO3/c1-4-22-49-43(13-1)46-19-8-16-40(52(46)56-49)34-25-29-37(30-26-34)55(38-31-27-35(28-32-38)41-17-9-20-47-44-14-2-5-23-50(44)57-53(41)47)39-12-7-11-36(33-39)42-18-10-21-48-45-15-3-6-24-51(45)58-54(42)48/h1,3-13,15-33H,2,14H2. The number of hydrogen-bond acceptors (Lipinski definition) is 4. The highest BCUT2D eigenvalue weighted by Gasteiger charge is 2.20. The Morgan fingerprint density at radius 3 is 1.48 bits per heavy atom. The predicted molar refractivity (Wildman–Crippen MR) is 239 cm³/mol. The van der Waals surface area contributed by atoms with Gasteiger partial charge in [0.2, 0.25) is 0 Å². The second-order valence-electron chi connectivity index (χ2n) is 15.1. The molecule has 0 atom stereocenters. The molecule has 3 heterocycles. The van der Waals surface area contributed by atoms with Crippen molar-refractivity contribution in [2.24, 2.45) is 0 Å². The Balaban J connectivity index is 0.982. The minimum Gasteiger partial charge on any atom is -0.456 e. The van der Waals surface area contributed by atoms with E-state index in [0.29, 0.717) is 0 Å². The molecule has 0 N–H and O–H groups in total. The van der Waals surface area contributed by atoms with Crippen molar-refractivity contribution in [2.45, 2.75) is 12.8 Å². The molecule has 0 saturated heterocycles. The Hall–Kier alpha value is -7.56. The van der Waals surface area contributed by atoms with Gasteiger partial charge in [-0.25, -0.2) is 0 Å². The lowest BCUT2D eigenvalue weighted by atomic mass is 9.97. The Morgan fingerprint density at radius 2 is 0.879 bits per heavy atom. The highest BCUT2D eigenvalue weighted by Crippen LogP contribution is 2.43. The topological polar surface area (TPSA) is 42.7 Å². The second kappa shape index (κ2) is 13.0. The van der Waals surface area contributed by atoms with Gasteiger partial charge in [-0.3, -0.25) is 0 Å². The molecule has 0 spiro atoms. The molecule has 4 heteroatoms. The van der Waals surface area contributed by atoms with Crippen molar-refractivity contribution in [1.82, 2.24) is 0 Å². The van der Waals surface area contributed by atoms with Crippen molar-refractivity contribution in [2.75, 3.05) is 4.90 Å². The summed E-state index contributed by atoms with van der Waals surface area (Å²) in [7, 11) is 0. The van der Waals surface area contributed by atoms with Crippen molar-refractivity contribution < 1.29 is 13.3 Å². The average Bonchev–Trinajstić information content (AvgIpc) is 3.99. The minimum absolute atomic E-state index is 0.892. The SMILES string of the molecule is C1=Cc2oc3c(-c4ccc(N(c5ccc(-c6cccc7c6oc6ccccc67)cc5)c5cccc(-c6cccc7c6oc6ccccc67)c5)cc4)cccc3c2CC1. The summed E-state index contributed by atoms with van der Waals surface area (Å²) >= 11 is 0. The maximum atomic E-state index is 6.49. The number of fused-ring (bicyclic) bond motifs is 9. The zero-order valence-corrected chi connectivity index (χ0v) is 31.5. The third kappa shape index (κ3) is 5.15. The summed E-state index contributed by atoms with van der Waals surface area (Å²) in [6.45, 7) is 0. The largest absolute Gasteiger partial charge is 0.456 e. The number of rotatable bonds is 6. The summed E-state index contributed by atoms with van der Waals surface area (Å²) in [5.41, 5.74) is 15.5. The molecule has 1 aliphatic rings. The third-order valence-corrected chi connectivity index (χ3v) is 11.8. The van der Waals surface area contributed by atoms with Crippen LogP contribution < -0.4 is 4.90 Å². The summed E-state index contributed by atoms with van der Waals surface area (Å²) in [6.07, 6.45) is 6.37. The third-order valence-electron chi connectivity index (χ3n) is 11.8. The van der Waals surface area contributed by atoms with Gasteiger partial charge in [-0.2, -0.15) is 0 Å². The van der Waals surface area contributed by atoms with Gasteiger partial charge in [-0.15, -0.1) is 0 Å². The minimum atomic E-state index is 0.892. The van der Waals surface area contributed by atoms with Gasteiger partial charge in [0.05, 0.1) is 0 Å². The van der Waals surface area contributed by atoms with Gasteiger partial charge < -0.3 is 18.2 Å². The number of anilines is 3. The number of hydrogen-bond donors (Lipinski definition) is 0. The van der Waals surface area contributed by atoms with E-state index in [2.05, 4.69) is 169 Å². The van der Waals surface area contributed by atoms with Crippen molar-refractivity contribution >= 4 is 78.0 Å². The van der Waals surface area contributed by atoms with Crippen LogP contribution in [0.1, 0.15) is 17.7 Å². The van der Waals surface area contributed by atoms with Crippen molar-refractivity contribution in [1.29, 1.82) is 0 Å². The Kier molecular flexibility index (Phi) is 7.32. The molecule has 0 unspecified atom stereocenters. The van der Waals surface area contributed by atoms with Gasteiger partial charge in [0.15, 0.2) is 0 Å². The average molecular weight is 746 g/mol. The van der Waals surface area contributed by atoms with Crippen LogP contribution in [0.4, 0.5) is 17.1 Å². The fourth-order valence-electron chi connectivity index (χ4n) is 9.02. The molecule has 1 aliphatic carbocycles. The Labute approximate surface area is 334 Å². The molecule has 12 rings (SSSR count). The first-order valence-corrected chi connectivity index (χ1v) is 19.9. The molecule has 3 aromatic heterocycles. The second-order valence-corrected chi connectivity index (χ2v) is 15.1. The number of allylic oxidation sites excluding steroid dienone is 1. The zero-order chi connectivity index (χ0) is 38.2. The van der Waals surface area contributed by atoms with Crippen molar-refractivity contribution in [3.63, 3.8) is 0 Å². The summed E-state index contributed by atoms with van der Waals surface area (Å²) in [5, 5.41) is 5.69. The van der Waals surface area contributed by atoms with Crippen LogP contribution in [0.2, 0.25) is 0 Å². The fraction of sp³-hybridized carbons (Fsp3) is 0.0370. The molecule has 0 amide bonds. The van der Waals surface area contributed by atoms with E-state index in [1.54, 1.807) is 0 Å². The number of nitrogens with zero attached hydrogens (tertiary/aromatic N) is 1. The van der Waals surface area contributed by atoms with Gasteiger partial charge in [0.1, 0.15) is 33.7 Å². The molecule has 274 valence electrons. The van der Waals surface area contributed by atoms with Crippen LogP contribution in [-0.2, 0) is 6.42 Å². The number of furan rings is 3. The van der Waals surface area contributed by atoms with Crippen molar-refractivity contribution in [3.05, 3.63) is 193 Å². The summed E-state index contributed by atoms with van der Waals surface area (Å²) < 4.78 is 19.4. The lowest BCUT2D eigenvalue weighted by molar-refractivity contribution is 0.596. The first-order valence-electron chi connectivity index (χ1n) is 19.9. The molecular weight excluding hydrogens is 711 g/mol. The highest BCUT2D eigenvalue weighted by atomic mass is 16.3. The number of benzene rings is 8. The molecule has 0 aliphatic heterocycles. The van der Waals surface area contributed by atoms with Crippen LogP contribution in [0.3, 0.4) is 0 Å². The Morgan fingerprint density at radius 1 is 0.379 bits per heavy atom. The normalized spacial score (nSPS) is 12.6. The first kappa shape index (κ1) is 32.7. The van der Waals surface area contributed by atoms with E-state index in [4.69, 9.17) is 13.3 Å². The van der Waals surface area contributed by atoms with Crippen LogP contribution in [0.15, 0.2) is 195 Å². The van der Waals surface area contributed by atoms with E-state index < -0.39 is 0 Å². The molecule has 0 fully saturated rings. The fourth-order valence-corrected chi connectivity index (χ4v) is 9.02. The maximum Gasteiger partial charge on any atom is 0.143 e. The van der Waals surface area contributed by atoms with Gasteiger partial charge in [0, 0.05) is 66.2 Å². The van der Waals surface area contributed by atoms with Gasteiger partial charge >= 0.3 is 0 Å². The van der Waals surface area contributed by atoms with Crippen molar-refractivity contribution in [3.8, 4) is 33.4 Å². The molecule has 0 radical (unpaired) electrons. The lowest BCUT2D eigenvalue weighted by Crippen LogP contribution is -2.10. The molecule has 0 bridgehead atoms. The lowest BCUT2D eigenvalue weighted by Gasteiger charge is -2.26. The quantitative estimate of drug-likeness (QED) is 0.170. The van der Waals surface area contributed by atoms with Crippen LogP contribution in [0.25, 0.3) is 94.3 Å². The summed E-state index contributed by atoms with van der Waals surface area (Å²) in [6, 6.07) is 62.2. The van der Waals surface area contributed by atoms with Gasteiger partial charge in [-0.1, -0.05) is 133 Å². The molecular formula is C54H35NO3. The van der Waals surface area contributed by atoms with E-state index in [1.165, 1.54) is 10.9 Å². The molecule has 8 aromatic carbocycles. The predicted octanol–water partition coefficient (Wildman–Crippen LogP) is 15.7. The molecule has 0 saturated carbocycles. The van der Waals surface area contributed by atoms with Crippen LogP contribution in [-0.4, -0.2) is 0 Å². The summed E-state index contributed by atoms with van der Waals surface area (Å²) in [4.78, 5) is 2.33. The van der Waals surface area contributed by atoms with Crippen LogP contribution >= 0.6 is 0 Å². The van der Waals surface area contributed by atoms with E-state index in [0.717, 1.165) is 119 Å². The highest BCUT2D eigenvalue weighted by molar-refractivity contribution is 6.11. The Bertz CT molecular complexity index is 3400. The van der Waals surface area contributed by atoms with E-state index >= 15 is 0 Å². The molecule has 58 heavy (non-hydrogen) atoms. The molecule has 4 nitrogen and oxygen atoms in total. The number of aryl methyl sites for hydroxylation is 1.